The fraction of sp³-hybridized carbons (Fsp3) is 0.143. The van der Waals surface area contributed by atoms with E-state index in [0.29, 0.717) is 17.9 Å². The van der Waals surface area contributed by atoms with Gasteiger partial charge in [-0.3, -0.25) is 0 Å². The molecule has 1 aromatic heterocycles. The minimum atomic E-state index is -0.360. The number of rotatable bonds is 3. The lowest BCUT2D eigenvalue weighted by Gasteiger charge is -2.08. The van der Waals surface area contributed by atoms with E-state index in [0.717, 1.165) is 5.56 Å². The molecule has 0 spiro atoms. The maximum absolute atomic E-state index is 11.5. The average Bonchev–Trinajstić information content (AvgIpc) is 2.86. The van der Waals surface area contributed by atoms with Crippen LogP contribution in [0.25, 0.3) is 4.85 Å². The van der Waals surface area contributed by atoms with Gasteiger partial charge in [0.25, 0.3) is 0 Å². The molecule has 1 heterocycles. The zero-order chi connectivity index (χ0) is 13.0. The maximum atomic E-state index is 11.5. The molecule has 0 saturated heterocycles. The normalized spacial score (nSPS) is 9.78. The van der Waals surface area contributed by atoms with Crippen LogP contribution >= 0.6 is 0 Å². The SMILES string of the molecule is [C-]#[N+]c1cccc(Cn2cccc2C(=O)OC)c1. The number of methoxy groups -OCH3 is 1. The van der Waals surface area contributed by atoms with Crippen molar-refractivity contribution < 1.29 is 9.53 Å². The molecule has 0 saturated carbocycles. The fourth-order valence-electron chi connectivity index (χ4n) is 1.76. The monoisotopic (exact) mass is 240 g/mol. The molecule has 0 atom stereocenters. The van der Waals surface area contributed by atoms with Gasteiger partial charge in [0, 0.05) is 12.7 Å². The van der Waals surface area contributed by atoms with Gasteiger partial charge in [0.15, 0.2) is 5.69 Å². The summed E-state index contributed by atoms with van der Waals surface area (Å²) in [4.78, 5) is 14.9. The number of ether oxygens (including phenoxy) is 1. The van der Waals surface area contributed by atoms with E-state index in [9.17, 15) is 4.79 Å². The highest BCUT2D eigenvalue weighted by molar-refractivity contribution is 5.87. The first-order valence-corrected chi connectivity index (χ1v) is 5.44. The molecular formula is C14H12N2O2. The Kier molecular flexibility index (Phi) is 3.44. The highest BCUT2D eigenvalue weighted by Gasteiger charge is 2.10. The summed E-state index contributed by atoms with van der Waals surface area (Å²) in [5.74, 6) is -0.360. The molecule has 2 aromatic rings. The lowest BCUT2D eigenvalue weighted by molar-refractivity contribution is 0.0589. The molecule has 0 fully saturated rings. The van der Waals surface area contributed by atoms with Crippen molar-refractivity contribution in [2.75, 3.05) is 7.11 Å². The Morgan fingerprint density at radius 1 is 1.39 bits per heavy atom. The van der Waals surface area contributed by atoms with Gasteiger partial charge in [0.2, 0.25) is 0 Å². The van der Waals surface area contributed by atoms with Crippen LogP contribution in [-0.4, -0.2) is 17.6 Å². The van der Waals surface area contributed by atoms with Gasteiger partial charge >= 0.3 is 5.97 Å². The minimum absolute atomic E-state index is 0.360. The molecule has 2 rings (SSSR count). The number of benzene rings is 1. The third-order valence-electron chi connectivity index (χ3n) is 2.62. The molecular weight excluding hydrogens is 228 g/mol. The lowest BCUT2D eigenvalue weighted by atomic mass is 10.2. The summed E-state index contributed by atoms with van der Waals surface area (Å²) in [5, 5.41) is 0. The van der Waals surface area contributed by atoms with Crippen molar-refractivity contribution in [3.05, 3.63) is 65.3 Å². The van der Waals surface area contributed by atoms with Crippen molar-refractivity contribution >= 4 is 11.7 Å². The molecule has 0 N–H and O–H groups in total. The number of carbonyl (C=O) groups is 1. The third-order valence-corrected chi connectivity index (χ3v) is 2.62. The first-order valence-electron chi connectivity index (χ1n) is 5.44. The number of hydrogen-bond donors (Lipinski definition) is 0. The molecule has 0 aliphatic carbocycles. The maximum Gasteiger partial charge on any atom is 0.354 e. The zero-order valence-corrected chi connectivity index (χ0v) is 9.96. The van der Waals surface area contributed by atoms with E-state index in [-0.39, 0.29) is 5.97 Å². The first-order chi connectivity index (χ1) is 8.74. The van der Waals surface area contributed by atoms with E-state index in [4.69, 9.17) is 11.3 Å². The summed E-state index contributed by atoms with van der Waals surface area (Å²) in [6, 6.07) is 10.8. The van der Waals surface area contributed by atoms with Crippen LogP contribution in [0.15, 0.2) is 42.6 Å². The van der Waals surface area contributed by atoms with Gasteiger partial charge in [-0.25, -0.2) is 9.64 Å². The summed E-state index contributed by atoms with van der Waals surface area (Å²) in [6.45, 7) is 7.52. The standard InChI is InChI=1S/C14H12N2O2/c1-15-12-6-3-5-11(9-12)10-16-8-4-7-13(16)14(17)18-2/h3-9H,10H2,2H3. The highest BCUT2D eigenvalue weighted by Crippen LogP contribution is 2.16. The Morgan fingerprint density at radius 3 is 2.94 bits per heavy atom. The average molecular weight is 240 g/mol. The molecule has 1 aromatic carbocycles. The first kappa shape index (κ1) is 11.9. The molecule has 0 aliphatic heterocycles. The van der Waals surface area contributed by atoms with Crippen molar-refractivity contribution in [2.24, 2.45) is 0 Å². The predicted octanol–water partition coefficient (Wildman–Crippen LogP) is 2.87. The second-order valence-corrected chi connectivity index (χ2v) is 3.79. The minimum Gasteiger partial charge on any atom is -0.464 e. The number of aromatic nitrogens is 1. The molecule has 0 bridgehead atoms. The molecule has 4 nitrogen and oxygen atoms in total. The van der Waals surface area contributed by atoms with Gasteiger partial charge in [0.1, 0.15) is 5.69 Å². The van der Waals surface area contributed by atoms with Crippen molar-refractivity contribution in [1.82, 2.24) is 4.57 Å². The highest BCUT2D eigenvalue weighted by atomic mass is 16.5. The number of nitrogens with zero attached hydrogens (tertiary/aromatic N) is 2. The fourth-order valence-corrected chi connectivity index (χ4v) is 1.76. The Balaban J connectivity index is 2.26. The van der Waals surface area contributed by atoms with Crippen LogP contribution in [0.4, 0.5) is 5.69 Å². The zero-order valence-electron chi connectivity index (χ0n) is 9.96. The van der Waals surface area contributed by atoms with Gasteiger partial charge < -0.3 is 9.30 Å². The van der Waals surface area contributed by atoms with E-state index < -0.39 is 0 Å². The van der Waals surface area contributed by atoms with Crippen molar-refractivity contribution in [3.63, 3.8) is 0 Å². The third kappa shape index (κ3) is 2.41. The van der Waals surface area contributed by atoms with Gasteiger partial charge in [-0.15, -0.1) is 0 Å². The summed E-state index contributed by atoms with van der Waals surface area (Å²) in [7, 11) is 1.36. The van der Waals surface area contributed by atoms with E-state index in [1.54, 1.807) is 22.8 Å². The van der Waals surface area contributed by atoms with Gasteiger partial charge in [-0.05, 0) is 17.7 Å². The van der Waals surface area contributed by atoms with Crippen LogP contribution in [0.3, 0.4) is 0 Å². The number of hydrogen-bond acceptors (Lipinski definition) is 2. The van der Waals surface area contributed by atoms with Crippen LogP contribution < -0.4 is 0 Å². The molecule has 90 valence electrons. The molecule has 0 unspecified atom stereocenters. The Morgan fingerprint density at radius 2 is 2.22 bits per heavy atom. The van der Waals surface area contributed by atoms with Gasteiger partial charge in [0.05, 0.1) is 13.7 Å². The van der Waals surface area contributed by atoms with Crippen LogP contribution in [0.1, 0.15) is 16.1 Å². The van der Waals surface area contributed by atoms with Crippen molar-refractivity contribution in [1.29, 1.82) is 0 Å². The summed E-state index contributed by atoms with van der Waals surface area (Å²) < 4.78 is 6.51. The summed E-state index contributed by atoms with van der Waals surface area (Å²) >= 11 is 0. The summed E-state index contributed by atoms with van der Waals surface area (Å²) in [5.41, 5.74) is 2.08. The lowest BCUT2D eigenvalue weighted by Crippen LogP contribution is -2.10. The van der Waals surface area contributed by atoms with Gasteiger partial charge in [-0.1, -0.05) is 24.3 Å². The quantitative estimate of drug-likeness (QED) is 0.611. The van der Waals surface area contributed by atoms with E-state index in [1.165, 1.54) is 7.11 Å². The molecule has 0 aliphatic rings. The summed E-state index contributed by atoms with van der Waals surface area (Å²) in [6.07, 6.45) is 1.82. The van der Waals surface area contributed by atoms with Gasteiger partial charge in [-0.2, -0.15) is 0 Å². The number of carbonyl (C=O) groups excluding carboxylic acids is 1. The second kappa shape index (κ2) is 5.19. The predicted molar refractivity (Wildman–Crippen MR) is 67.6 cm³/mol. The van der Waals surface area contributed by atoms with Crippen LogP contribution in [0.5, 0.6) is 0 Å². The van der Waals surface area contributed by atoms with Crippen LogP contribution in [0.2, 0.25) is 0 Å². The van der Waals surface area contributed by atoms with Crippen molar-refractivity contribution in [2.45, 2.75) is 6.54 Å². The van der Waals surface area contributed by atoms with Crippen LogP contribution in [-0.2, 0) is 11.3 Å². The Bertz CT molecular complexity index is 608. The molecule has 0 amide bonds. The van der Waals surface area contributed by atoms with E-state index >= 15 is 0 Å². The molecule has 0 radical (unpaired) electrons. The van der Waals surface area contributed by atoms with E-state index in [1.807, 2.05) is 24.4 Å². The topological polar surface area (TPSA) is 35.6 Å². The van der Waals surface area contributed by atoms with E-state index in [2.05, 4.69) is 4.85 Å². The largest absolute Gasteiger partial charge is 0.464 e. The smallest absolute Gasteiger partial charge is 0.354 e. The molecule has 18 heavy (non-hydrogen) atoms. The van der Waals surface area contributed by atoms with Crippen LogP contribution in [0, 0.1) is 6.57 Å². The second-order valence-electron chi connectivity index (χ2n) is 3.79. The number of esters is 1. The Labute approximate surface area is 105 Å². The van der Waals surface area contributed by atoms with Crippen molar-refractivity contribution in [3.8, 4) is 0 Å². The Hall–Kier alpha value is -2.54. The molecule has 4 heteroatoms.